The van der Waals surface area contributed by atoms with Crippen LogP contribution in [0.1, 0.15) is 19.3 Å². The molecule has 0 spiro atoms. The maximum absolute atomic E-state index is 11.1. The van der Waals surface area contributed by atoms with E-state index in [-0.39, 0.29) is 5.37 Å². The zero-order valence-corrected chi connectivity index (χ0v) is 7.71. The van der Waals surface area contributed by atoms with E-state index in [4.69, 9.17) is 0 Å². The molecule has 0 bridgehead atoms. The minimum Gasteiger partial charge on any atom is -0.784 e. The Hall–Kier alpha value is 0.620. The van der Waals surface area contributed by atoms with Gasteiger partial charge in [0.25, 0.3) is 0 Å². The molecule has 0 amide bonds. The zero-order valence-electron chi connectivity index (χ0n) is 6.08. The van der Waals surface area contributed by atoms with Gasteiger partial charge in [0.15, 0.2) is 0 Å². The van der Waals surface area contributed by atoms with E-state index >= 15 is 0 Å². The van der Waals surface area contributed by atoms with Crippen LogP contribution in [-0.4, -0.2) is 23.2 Å². The second kappa shape index (κ2) is 4.49. The third kappa shape index (κ3) is 2.34. The van der Waals surface area contributed by atoms with Crippen LogP contribution in [0.3, 0.4) is 0 Å². The summed E-state index contributed by atoms with van der Waals surface area (Å²) in [5.41, 5.74) is 0. The third-order valence-corrected chi connectivity index (χ3v) is 3.74. The van der Waals surface area contributed by atoms with Crippen LogP contribution in [0.2, 0.25) is 0 Å². The average molecular weight is 178 g/mol. The highest BCUT2D eigenvalue weighted by atomic mass is 33.1. The van der Waals surface area contributed by atoms with Crippen LogP contribution in [0, 0.1) is 5.21 Å². The molecule has 0 saturated carbocycles. The monoisotopic (exact) mass is 178 g/mol. The number of rotatable bonds is 2. The SMILES string of the molecule is CSSC1CCCCN1[O-]. The highest BCUT2D eigenvalue weighted by molar-refractivity contribution is 8.76. The molecule has 0 aromatic heterocycles. The van der Waals surface area contributed by atoms with E-state index in [1.165, 1.54) is 11.5 Å². The van der Waals surface area contributed by atoms with Gasteiger partial charge in [0.2, 0.25) is 0 Å². The summed E-state index contributed by atoms with van der Waals surface area (Å²) in [6, 6.07) is 0. The minimum absolute atomic E-state index is 0.226. The first-order chi connectivity index (χ1) is 4.84. The topological polar surface area (TPSA) is 26.3 Å². The fourth-order valence-electron chi connectivity index (χ4n) is 1.08. The van der Waals surface area contributed by atoms with Crippen molar-refractivity contribution in [3.8, 4) is 0 Å². The van der Waals surface area contributed by atoms with E-state index in [1.54, 1.807) is 21.6 Å². The van der Waals surface area contributed by atoms with Gasteiger partial charge in [-0.15, -0.1) is 0 Å². The smallest absolute Gasteiger partial charge is 0.0548 e. The van der Waals surface area contributed by atoms with Crippen molar-refractivity contribution in [2.24, 2.45) is 0 Å². The molecular weight excluding hydrogens is 166 g/mol. The maximum Gasteiger partial charge on any atom is 0.0548 e. The number of piperidine rings is 1. The molecule has 0 aromatic carbocycles. The number of hydrogen-bond acceptors (Lipinski definition) is 4. The van der Waals surface area contributed by atoms with Crippen molar-refractivity contribution in [1.82, 2.24) is 5.06 Å². The van der Waals surface area contributed by atoms with Gasteiger partial charge in [-0.1, -0.05) is 21.6 Å². The summed E-state index contributed by atoms with van der Waals surface area (Å²) in [6.45, 7) is 0.734. The summed E-state index contributed by atoms with van der Waals surface area (Å²) in [5.74, 6) is 0. The molecule has 1 aliphatic rings. The molecule has 1 heterocycles. The summed E-state index contributed by atoms with van der Waals surface area (Å²) in [7, 11) is 3.38. The fourth-order valence-corrected chi connectivity index (χ4v) is 3.01. The minimum atomic E-state index is 0.226. The van der Waals surface area contributed by atoms with E-state index in [0.29, 0.717) is 0 Å². The maximum atomic E-state index is 11.1. The molecule has 0 aliphatic carbocycles. The van der Waals surface area contributed by atoms with Crippen LogP contribution in [0.15, 0.2) is 0 Å². The lowest BCUT2D eigenvalue weighted by molar-refractivity contribution is 0.285. The molecule has 1 unspecified atom stereocenters. The van der Waals surface area contributed by atoms with Gasteiger partial charge in [-0.05, 0) is 32.1 Å². The van der Waals surface area contributed by atoms with Crippen molar-refractivity contribution in [3.63, 3.8) is 0 Å². The Morgan fingerprint density at radius 2 is 2.30 bits per heavy atom. The average Bonchev–Trinajstić information content (AvgIpc) is 1.94. The summed E-state index contributed by atoms with van der Waals surface area (Å²) >= 11 is 0. The Morgan fingerprint density at radius 1 is 1.50 bits per heavy atom. The first kappa shape index (κ1) is 8.71. The van der Waals surface area contributed by atoms with Crippen molar-refractivity contribution in [2.45, 2.75) is 24.6 Å². The Bertz CT molecular complexity index is 99.7. The molecule has 1 atom stereocenters. The third-order valence-electron chi connectivity index (χ3n) is 1.61. The summed E-state index contributed by atoms with van der Waals surface area (Å²) in [5, 5.41) is 12.5. The Balaban J connectivity index is 2.25. The van der Waals surface area contributed by atoms with Gasteiger partial charge in [0.1, 0.15) is 0 Å². The van der Waals surface area contributed by atoms with E-state index in [1.807, 2.05) is 6.26 Å². The van der Waals surface area contributed by atoms with Crippen LogP contribution in [0.4, 0.5) is 0 Å². The van der Waals surface area contributed by atoms with Crippen LogP contribution in [0.5, 0.6) is 0 Å². The van der Waals surface area contributed by atoms with Crippen molar-refractivity contribution >= 4 is 21.6 Å². The largest absolute Gasteiger partial charge is 0.784 e. The predicted octanol–water partition coefficient (Wildman–Crippen LogP) is 2.31. The number of nitrogens with zero attached hydrogens (tertiary/aromatic N) is 1. The number of hydrogen-bond donors (Lipinski definition) is 0. The van der Waals surface area contributed by atoms with E-state index < -0.39 is 0 Å². The quantitative estimate of drug-likeness (QED) is 0.606. The molecule has 4 heteroatoms. The van der Waals surface area contributed by atoms with E-state index in [9.17, 15) is 5.21 Å². The van der Waals surface area contributed by atoms with Crippen molar-refractivity contribution < 1.29 is 0 Å². The summed E-state index contributed by atoms with van der Waals surface area (Å²) in [4.78, 5) is 0. The zero-order chi connectivity index (χ0) is 7.40. The van der Waals surface area contributed by atoms with Crippen molar-refractivity contribution in [3.05, 3.63) is 5.21 Å². The van der Waals surface area contributed by atoms with Gasteiger partial charge >= 0.3 is 0 Å². The highest BCUT2D eigenvalue weighted by Gasteiger charge is 2.14. The lowest BCUT2D eigenvalue weighted by atomic mass is 10.2. The normalized spacial score (nSPS) is 28.8. The van der Waals surface area contributed by atoms with Gasteiger partial charge in [-0.3, -0.25) is 0 Å². The molecular formula is C6H12NOS2-. The van der Waals surface area contributed by atoms with Crippen LogP contribution >= 0.6 is 21.6 Å². The van der Waals surface area contributed by atoms with Crippen LogP contribution < -0.4 is 0 Å². The molecule has 2 nitrogen and oxygen atoms in total. The second-order valence-electron chi connectivity index (χ2n) is 2.35. The van der Waals surface area contributed by atoms with E-state index in [0.717, 1.165) is 19.4 Å². The Morgan fingerprint density at radius 3 is 2.90 bits per heavy atom. The highest BCUT2D eigenvalue weighted by Crippen LogP contribution is 2.32. The van der Waals surface area contributed by atoms with Gasteiger partial charge < -0.3 is 10.3 Å². The van der Waals surface area contributed by atoms with E-state index in [2.05, 4.69) is 0 Å². The van der Waals surface area contributed by atoms with Gasteiger partial charge in [-0.2, -0.15) is 0 Å². The molecule has 1 rings (SSSR count). The lowest BCUT2D eigenvalue weighted by Gasteiger charge is -2.39. The van der Waals surface area contributed by atoms with Crippen molar-refractivity contribution in [2.75, 3.05) is 12.8 Å². The molecule has 0 N–H and O–H groups in total. The Labute approximate surface area is 69.7 Å². The van der Waals surface area contributed by atoms with Gasteiger partial charge in [0.05, 0.1) is 5.37 Å². The predicted molar refractivity (Wildman–Crippen MR) is 48.8 cm³/mol. The molecule has 0 radical (unpaired) electrons. The summed E-state index contributed by atoms with van der Waals surface area (Å²) < 4.78 is 0. The summed E-state index contributed by atoms with van der Waals surface area (Å²) in [6.07, 6.45) is 5.38. The molecule has 1 fully saturated rings. The number of hydroxylamine groups is 2. The lowest BCUT2D eigenvalue weighted by Crippen LogP contribution is -2.31. The molecule has 1 aliphatic heterocycles. The van der Waals surface area contributed by atoms with Crippen LogP contribution in [-0.2, 0) is 0 Å². The second-order valence-corrected chi connectivity index (χ2v) is 5.00. The molecule has 0 aromatic rings. The fraction of sp³-hybridized carbons (Fsp3) is 1.00. The molecule has 10 heavy (non-hydrogen) atoms. The Kier molecular flexibility index (Phi) is 3.91. The van der Waals surface area contributed by atoms with Crippen molar-refractivity contribution in [1.29, 1.82) is 0 Å². The molecule has 1 saturated heterocycles. The first-order valence-corrected chi connectivity index (χ1v) is 6.10. The molecule has 60 valence electrons. The van der Waals surface area contributed by atoms with Gasteiger partial charge in [0, 0.05) is 0 Å². The first-order valence-electron chi connectivity index (χ1n) is 3.48. The standard InChI is InChI=1S/C6H12NOS2/c1-9-10-6-4-2-3-5-7(6)8/h6H,2-5H2,1H3/q-1. The van der Waals surface area contributed by atoms with Crippen LogP contribution in [0.25, 0.3) is 0 Å². The van der Waals surface area contributed by atoms with Gasteiger partial charge in [-0.25, -0.2) is 0 Å².